The summed E-state index contributed by atoms with van der Waals surface area (Å²) in [5.74, 6) is 2.45. The summed E-state index contributed by atoms with van der Waals surface area (Å²) in [7, 11) is 3.37. The molecule has 0 amide bonds. The second-order valence-electron chi connectivity index (χ2n) is 8.30. The number of ether oxygens (including phenoxy) is 2. The van der Waals surface area contributed by atoms with Crippen LogP contribution in [0, 0.1) is 5.41 Å². The van der Waals surface area contributed by atoms with E-state index in [-0.39, 0.29) is 36.0 Å². The first-order chi connectivity index (χ1) is 15.0. The Bertz CT molecular complexity index is 711. The molecule has 1 heterocycles. The van der Waals surface area contributed by atoms with E-state index < -0.39 is 0 Å². The Morgan fingerprint density at radius 1 is 1.09 bits per heavy atom. The van der Waals surface area contributed by atoms with Crippen molar-refractivity contribution >= 4 is 29.9 Å². The number of guanidine groups is 1. The number of nitrogens with one attached hydrogen (secondary N) is 2. The van der Waals surface area contributed by atoms with E-state index in [4.69, 9.17) is 14.5 Å². The highest BCUT2D eigenvalue weighted by Crippen LogP contribution is 2.33. The zero-order valence-electron chi connectivity index (χ0n) is 20.5. The molecule has 1 aromatic rings. The van der Waals surface area contributed by atoms with Crippen molar-refractivity contribution in [2.75, 3.05) is 53.6 Å². The van der Waals surface area contributed by atoms with E-state index in [2.05, 4.69) is 48.4 Å². The maximum Gasteiger partial charge on any atom is 0.191 e. The lowest BCUT2D eigenvalue weighted by Crippen LogP contribution is -2.43. The number of nitrogens with zero attached hydrogens (tertiary/aromatic N) is 2. The number of aliphatic imine (C=N–C) groups is 1. The molecular weight excluding hydrogens is 519 g/mol. The predicted octanol–water partition coefficient (Wildman–Crippen LogP) is 3.42. The molecule has 1 aromatic carbocycles. The molecule has 7 nitrogen and oxygen atoms in total. The zero-order valence-corrected chi connectivity index (χ0v) is 22.8. The molecule has 3 N–H and O–H groups in total. The molecule has 0 unspecified atom stereocenters. The van der Waals surface area contributed by atoms with Gasteiger partial charge in [0.1, 0.15) is 0 Å². The minimum Gasteiger partial charge on any atom is -0.493 e. The fourth-order valence-electron chi connectivity index (χ4n) is 4.20. The minimum absolute atomic E-state index is 0. The Hall–Kier alpha value is -1.26. The summed E-state index contributed by atoms with van der Waals surface area (Å²) in [6.07, 6.45) is 3.85. The van der Waals surface area contributed by atoms with Crippen LogP contribution in [0.25, 0.3) is 0 Å². The molecule has 0 atom stereocenters. The van der Waals surface area contributed by atoms with Gasteiger partial charge in [-0.25, -0.2) is 0 Å². The van der Waals surface area contributed by atoms with Gasteiger partial charge < -0.3 is 25.2 Å². The number of fused-ring (bicyclic) bond motifs is 1. The van der Waals surface area contributed by atoms with E-state index in [1.165, 1.54) is 11.1 Å². The van der Waals surface area contributed by atoms with Crippen LogP contribution in [0.1, 0.15) is 51.2 Å². The maximum atomic E-state index is 9.45. The molecule has 184 valence electrons. The molecule has 0 saturated carbocycles. The van der Waals surface area contributed by atoms with Crippen LogP contribution in [0.5, 0.6) is 11.5 Å². The lowest BCUT2D eigenvalue weighted by Gasteiger charge is -2.30. The fraction of sp³-hybridized carbons (Fsp3) is 0.708. The van der Waals surface area contributed by atoms with E-state index in [1.807, 2.05) is 0 Å². The van der Waals surface area contributed by atoms with Crippen molar-refractivity contribution in [3.63, 3.8) is 0 Å². The highest BCUT2D eigenvalue weighted by molar-refractivity contribution is 14.0. The van der Waals surface area contributed by atoms with E-state index in [0.717, 1.165) is 82.4 Å². The second kappa shape index (κ2) is 14.8. The summed E-state index contributed by atoms with van der Waals surface area (Å²) in [6, 6.07) is 4.22. The van der Waals surface area contributed by atoms with Crippen LogP contribution in [0.2, 0.25) is 0 Å². The summed E-state index contributed by atoms with van der Waals surface area (Å²) < 4.78 is 10.9. The number of rotatable bonds is 12. The van der Waals surface area contributed by atoms with E-state index in [9.17, 15) is 5.11 Å². The Morgan fingerprint density at radius 3 is 2.31 bits per heavy atom. The van der Waals surface area contributed by atoms with Gasteiger partial charge in [0.25, 0.3) is 0 Å². The number of methoxy groups -OCH3 is 2. The van der Waals surface area contributed by atoms with E-state index in [1.54, 1.807) is 14.2 Å². The summed E-state index contributed by atoms with van der Waals surface area (Å²) in [6.45, 7) is 12.0. The molecule has 8 heteroatoms. The first kappa shape index (κ1) is 28.8. The van der Waals surface area contributed by atoms with Crippen molar-refractivity contribution in [3.8, 4) is 11.5 Å². The highest BCUT2D eigenvalue weighted by atomic mass is 127. The molecule has 2 rings (SSSR count). The number of benzene rings is 1. The number of halogens is 1. The highest BCUT2D eigenvalue weighted by Gasteiger charge is 2.25. The third-order valence-corrected chi connectivity index (χ3v) is 6.58. The van der Waals surface area contributed by atoms with Crippen molar-refractivity contribution in [2.45, 2.75) is 53.0 Å². The van der Waals surface area contributed by atoms with Crippen LogP contribution in [-0.2, 0) is 13.0 Å². The van der Waals surface area contributed by atoms with Gasteiger partial charge in [0.15, 0.2) is 17.5 Å². The molecule has 0 fully saturated rings. The lowest BCUT2D eigenvalue weighted by atomic mass is 9.79. The largest absolute Gasteiger partial charge is 0.493 e. The Balaban J connectivity index is 0.00000512. The number of aliphatic hydroxyl groups excluding tert-OH is 1. The van der Waals surface area contributed by atoms with Gasteiger partial charge in [-0.2, -0.15) is 0 Å². The van der Waals surface area contributed by atoms with Crippen molar-refractivity contribution < 1.29 is 14.6 Å². The molecule has 0 saturated heterocycles. The monoisotopic (exact) mass is 562 g/mol. The summed E-state index contributed by atoms with van der Waals surface area (Å²) in [5, 5.41) is 16.3. The Morgan fingerprint density at radius 2 is 1.75 bits per heavy atom. The first-order valence-electron chi connectivity index (χ1n) is 11.6. The topological polar surface area (TPSA) is 78.4 Å². The van der Waals surface area contributed by atoms with Crippen LogP contribution in [-0.4, -0.2) is 69.5 Å². The molecule has 0 aromatic heterocycles. The SMILES string of the molecule is CCNC(=NCC(CC)(CC)CCO)NCCN1CCc2cc(OC)c(OC)cc2C1.I. The van der Waals surface area contributed by atoms with E-state index >= 15 is 0 Å². The molecule has 0 spiro atoms. The van der Waals surface area contributed by atoms with Gasteiger partial charge in [0.2, 0.25) is 0 Å². The molecule has 0 radical (unpaired) electrons. The third kappa shape index (κ3) is 7.95. The average molecular weight is 563 g/mol. The van der Waals surface area contributed by atoms with Crippen molar-refractivity contribution in [1.82, 2.24) is 15.5 Å². The minimum atomic E-state index is 0. The maximum absolute atomic E-state index is 9.45. The van der Waals surface area contributed by atoms with Gasteiger partial charge in [-0.15, -0.1) is 24.0 Å². The van der Waals surface area contributed by atoms with Gasteiger partial charge in [-0.3, -0.25) is 9.89 Å². The van der Waals surface area contributed by atoms with Crippen LogP contribution >= 0.6 is 24.0 Å². The van der Waals surface area contributed by atoms with Crippen LogP contribution in [0.3, 0.4) is 0 Å². The summed E-state index contributed by atoms with van der Waals surface area (Å²) in [5.41, 5.74) is 2.73. The van der Waals surface area contributed by atoms with Crippen molar-refractivity contribution in [2.24, 2.45) is 10.4 Å². The number of aliphatic hydroxyl groups is 1. The second-order valence-corrected chi connectivity index (χ2v) is 8.30. The third-order valence-electron chi connectivity index (χ3n) is 6.58. The van der Waals surface area contributed by atoms with Gasteiger partial charge in [0, 0.05) is 45.9 Å². The lowest BCUT2D eigenvalue weighted by molar-refractivity contribution is 0.175. The average Bonchev–Trinajstić information content (AvgIpc) is 2.80. The van der Waals surface area contributed by atoms with Crippen LogP contribution in [0.4, 0.5) is 0 Å². The molecule has 0 bridgehead atoms. The summed E-state index contributed by atoms with van der Waals surface area (Å²) >= 11 is 0. The quantitative estimate of drug-likeness (QED) is 0.206. The standard InChI is InChI=1S/C24H42N4O3.HI/c1-6-24(7-2,10-14-29)18-27-23(25-8-3)26-11-13-28-12-9-19-15-21(30-4)22(31-5)16-20(19)17-28;/h15-16,29H,6-14,17-18H2,1-5H3,(H2,25,26,27);1H. The first-order valence-corrected chi connectivity index (χ1v) is 11.6. The smallest absolute Gasteiger partial charge is 0.191 e. The zero-order chi connectivity index (χ0) is 22.7. The van der Waals surface area contributed by atoms with Gasteiger partial charge >= 0.3 is 0 Å². The van der Waals surface area contributed by atoms with E-state index in [0.29, 0.717) is 0 Å². The Kier molecular flexibility index (Phi) is 13.3. The van der Waals surface area contributed by atoms with Crippen molar-refractivity contribution in [1.29, 1.82) is 0 Å². The Labute approximate surface area is 211 Å². The van der Waals surface area contributed by atoms with Crippen LogP contribution < -0.4 is 20.1 Å². The summed E-state index contributed by atoms with van der Waals surface area (Å²) in [4.78, 5) is 7.30. The predicted molar refractivity (Wildman–Crippen MR) is 143 cm³/mol. The molecular formula is C24H43IN4O3. The normalized spacial score (nSPS) is 14.4. The van der Waals surface area contributed by atoms with Crippen LogP contribution in [0.15, 0.2) is 17.1 Å². The fourth-order valence-corrected chi connectivity index (χ4v) is 4.20. The molecule has 1 aliphatic heterocycles. The number of hydrogen-bond acceptors (Lipinski definition) is 5. The van der Waals surface area contributed by atoms with Gasteiger partial charge in [0.05, 0.1) is 14.2 Å². The molecule has 1 aliphatic rings. The van der Waals surface area contributed by atoms with Crippen molar-refractivity contribution in [3.05, 3.63) is 23.3 Å². The number of hydrogen-bond donors (Lipinski definition) is 3. The van der Waals surface area contributed by atoms with Gasteiger partial charge in [-0.1, -0.05) is 13.8 Å². The van der Waals surface area contributed by atoms with Gasteiger partial charge in [-0.05, 0) is 61.3 Å². The molecule has 0 aliphatic carbocycles. The molecule has 32 heavy (non-hydrogen) atoms.